The van der Waals surface area contributed by atoms with Gasteiger partial charge in [0.15, 0.2) is 0 Å². The molecule has 0 atom stereocenters. The molecule has 4 nitrogen and oxygen atoms in total. The van der Waals surface area contributed by atoms with Crippen molar-refractivity contribution >= 4 is 5.91 Å². The van der Waals surface area contributed by atoms with E-state index in [0.717, 1.165) is 45.7 Å². The molecule has 1 amide bonds. The summed E-state index contributed by atoms with van der Waals surface area (Å²) in [5.74, 6) is 0.248. The number of rotatable bonds is 6. The quantitative estimate of drug-likeness (QED) is 0.851. The van der Waals surface area contributed by atoms with E-state index in [-0.39, 0.29) is 5.91 Å². The highest BCUT2D eigenvalue weighted by Gasteiger charge is 2.18. The van der Waals surface area contributed by atoms with E-state index in [1.165, 1.54) is 5.56 Å². The summed E-state index contributed by atoms with van der Waals surface area (Å²) >= 11 is 0. The Balaban J connectivity index is 1.91. The molecule has 2 rings (SSSR count). The molecule has 1 aliphatic heterocycles. The van der Waals surface area contributed by atoms with E-state index < -0.39 is 0 Å². The summed E-state index contributed by atoms with van der Waals surface area (Å²) in [5, 5.41) is 3.32. The smallest absolute Gasteiger partial charge is 0.237 e. The summed E-state index contributed by atoms with van der Waals surface area (Å²) in [6, 6.07) is 10.2. The van der Waals surface area contributed by atoms with Crippen molar-refractivity contribution in [3.05, 3.63) is 35.9 Å². The van der Waals surface area contributed by atoms with E-state index in [9.17, 15) is 4.79 Å². The van der Waals surface area contributed by atoms with Crippen LogP contribution in [0.2, 0.25) is 0 Å². The summed E-state index contributed by atoms with van der Waals surface area (Å²) in [7, 11) is 0. The highest BCUT2D eigenvalue weighted by atomic mass is 16.2. The number of carbonyl (C=O) groups is 1. The highest BCUT2D eigenvalue weighted by Crippen LogP contribution is 2.06. The van der Waals surface area contributed by atoms with E-state index in [4.69, 9.17) is 0 Å². The van der Waals surface area contributed by atoms with Crippen molar-refractivity contribution in [1.29, 1.82) is 0 Å². The zero-order valence-electron chi connectivity index (χ0n) is 12.3. The number of nitrogens with one attached hydrogen (secondary N) is 1. The largest absolute Gasteiger partial charge is 0.337 e. The number of benzene rings is 1. The van der Waals surface area contributed by atoms with Crippen LogP contribution in [0, 0.1) is 0 Å². The third-order valence-electron chi connectivity index (χ3n) is 3.63. The van der Waals surface area contributed by atoms with Gasteiger partial charge in [0.05, 0.1) is 6.54 Å². The normalized spacial score (nSPS) is 16.1. The predicted molar refractivity (Wildman–Crippen MR) is 81.5 cm³/mol. The molecule has 0 spiro atoms. The summed E-state index contributed by atoms with van der Waals surface area (Å²) < 4.78 is 0. The molecule has 1 aromatic carbocycles. The molecule has 1 heterocycles. The van der Waals surface area contributed by atoms with Crippen molar-refractivity contribution < 1.29 is 4.79 Å². The van der Waals surface area contributed by atoms with Gasteiger partial charge in [0.2, 0.25) is 5.91 Å². The third kappa shape index (κ3) is 4.62. The van der Waals surface area contributed by atoms with Crippen LogP contribution >= 0.6 is 0 Å². The monoisotopic (exact) mass is 275 g/mol. The van der Waals surface area contributed by atoms with E-state index >= 15 is 0 Å². The minimum absolute atomic E-state index is 0.248. The summed E-state index contributed by atoms with van der Waals surface area (Å²) in [5.41, 5.74) is 1.20. The van der Waals surface area contributed by atoms with Crippen LogP contribution in [0.15, 0.2) is 30.3 Å². The number of nitrogens with zero attached hydrogens (tertiary/aromatic N) is 2. The van der Waals surface area contributed by atoms with Gasteiger partial charge in [-0.1, -0.05) is 37.3 Å². The lowest BCUT2D eigenvalue weighted by molar-refractivity contribution is -0.133. The Morgan fingerprint density at radius 1 is 1.25 bits per heavy atom. The lowest BCUT2D eigenvalue weighted by Crippen LogP contribution is -2.48. The molecule has 0 bridgehead atoms. The molecule has 20 heavy (non-hydrogen) atoms. The van der Waals surface area contributed by atoms with Gasteiger partial charge < -0.3 is 10.2 Å². The average molecular weight is 275 g/mol. The molecular formula is C16H25N3O. The SMILES string of the molecule is CCCN(Cc1ccccc1)C(=O)CN1CCNCC1. The Bertz CT molecular complexity index is 401. The lowest BCUT2D eigenvalue weighted by Gasteiger charge is -2.30. The number of piperazine rings is 1. The number of amides is 1. The van der Waals surface area contributed by atoms with Gasteiger partial charge in [-0.3, -0.25) is 9.69 Å². The van der Waals surface area contributed by atoms with Gasteiger partial charge in [-0.25, -0.2) is 0 Å². The van der Waals surface area contributed by atoms with Gasteiger partial charge in [0.1, 0.15) is 0 Å². The molecule has 110 valence electrons. The van der Waals surface area contributed by atoms with Gasteiger partial charge in [-0.05, 0) is 12.0 Å². The first-order valence-corrected chi connectivity index (χ1v) is 7.54. The molecule has 0 saturated carbocycles. The van der Waals surface area contributed by atoms with Crippen LogP contribution in [0.4, 0.5) is 0 Å². The maximum atomic E-state index is 12.5. The Morgan fingerprint density at radius 2 is 1.95 bits per heavy atom. The fourth-order valence-electron chi connectivity index (χ4n) is 2.53. The fourth-order valence-corrected chi connectivity index (χ4v) is 2.53. The van der Waals surface area contributed by atoms with Crippen molar-refractivity contribution in [3.8, 4) is 0 Å². The maximum absolute atomic E-state index is 12.5. The molecule has 0 aromatic heterocycles. The summed E-state index contributed by atoms with van der Waals surface area (Å²) in [6.07, 6.45) is 1.00. The molecule has 1 aromatic rings. The van der Waals surface area contributed by atoms with Crippen LogP contribution in [0.5, 0.6) is 0 Å². The second kappa shape index (κ2) is 8.02. The highest BCUT2D eigenvalue weighted by molar-refractivity contribution is 5.78. The zero-order chi connectivity index (χ0) is 14.2. The van der Waals surface area contributed by atoms with Crippen molar-refractivity contribution in [1.82, 2.24) is 15.1 Å². The Labute approximate surface area is 121 Å². The van der Waals surface area contributed by atoms with Crippen LogP contribution in [-0.4, -0.2) is 55.0 Å². The summed E-state index contributed by atoms with van der Waals surface area (Å²) in [6.45, 7) is 8.14. The Hall–Kier alpha value is -1.39. The van der Waals surface area contributed by atoms with Gasteiger partial charge in [0, 0.05) is 39.3 Å². The predicted octanol–water partition coefficient (Wildman–Crippen LogP) is 1.33. The van der Waals surface area contributed by atoms with Gasteiger partial charge in [-0.2, -0.15) is 0 Å². The van der Waals surface area contributed by atoms with Crippen molar-refractivity contribution in [2.45, 2.75) is 19.9 Å². The number of carbonyl (C=O) groups excluding carboxylic acids is 1. The maximum Gasteiger partial charge on any atom is 0.237 e. The minimum atomic E-state index is 0.248. The first-order valence-electron chi connectivity index (χ1n) is 7.54. The molecular weight excluding hydrogens is 250 g/mol. The molecule has 4 heteroatoms. The van der Waals surface area contributed by atoms with Crippen molar-refractivity contribution in [2.24, 2.45) is 0 Å². The van der Waals surface area contributed by atoms with Crippen molar-refractivity contribution in [3.63, 3.8) is 0 Å². The molecule has 0 aliphatic carbocycles. The molecule has 1 aliphatic rings. The third-order valence-corrected chi connectivity index (χ3v) is 3.63. The van der Waals surface area contributed by atoms with Crippen LogP contribution < -0.4 is 5.32 Å². The first kappa shape index (κ1) is 15.0. The van der Waals surface area contributed by atoms with Crippen LogP contribution in [0.3, 0.4) is 0 Å². The number of hydrogen-bond acceptors (Lipinski definition) is 3. The standard InChI is InChI=1S/C16H25N3O/c1-2-10-19(13-15-6-4-3-5-7-15)16(20)14-18-11-8-17-9-12-18/h3-7,17H,2,8-14H2,1H3. The second-order valence-electron chi connectivity index (χ2n) is 5.33. The Morgan fingerprint density at radius 3 is 2.60 bits per heavy atom. The van der Waals surface area contributed by atoms with Crippen molar-refractivity contribution in [2.75, 3.05) is 39.3 Å². The van der Waals surface area contributed by atoms with E-state index in [0.29, 0.717) is 6.54 Å². The molecule has 1 saturated heterocycles. The summed E-state index contributed by atoms with van der Waals surface area (Å²) in [4.78, 5) is 16.7. The fraction of sp³-hybridized carbons (Fsp3) is 0.562. The van der Waals surface area contributed by atoms with Gasteiger partial charge >= 0.3 is 0 Å². The lowest BCUT2D eigenvalue weighted by atomic mass is 10.2. The molecule has 1 fully saturated rings. The minimum Gasteiger partial charge on any atom is -0.337 e. The van der Waals surface area contributed by atoms with E-state index in [2.05, 4.69) is 29.3 Å². The van der Waals surface area contributed by atoms with Gasteiger partial charge in [-0.15, -0.1) is 0 Å². The van der Waals surface area contributed by atoms with Gasteiger partial charge in [0.25, 0.3) is 0 Å². The first-order chi connectivity index (χ1) is 9.79. The molecule has 0 unspecified atom stereocenters. The molecule has 1 N–H and O–H groups in total. The van der Waals surface area contributed by atoms with Crippen LogP contribution in [0.1, 0.15) is 18.9 Å². The van der Waals surface area contributed by atoms with E-state index in [1.54, 1.807) is 0 Å². The second-order valence-corrected chi connectivity index (χ2v) is 5.33. The van der Waals surface area contributed by atoms with Crippen LogP contribution in [0.25, 0.3) is 0 Å². The number of hydrogen-bond donors (Lipinski definition) is 1. The molecule has 0 radical (unpaired) electrons. The topological polar surface area (TPSA) is 35.6 Å². The average Bonchev–Trinajstić information content (AvgIpc) is 2.49. The van der Waals surface area contributed by atoms with Crippen LogP contribution in [-0.2, 0) is 11.3 Å². The zero-order valence-corrected chi connectivity index (χ0v) is 12.3. The Kier molecular flexibility index (Phi) is 6.02. The van der Waals surface area contributed by atoms with E-state index in [1.807, 2.05) is 23.1 Å².